The van der Waals surface area contributed by atoms with E-state index in [0.29, 0.717) is 0 Å². The van der Waals surface area contributed by atoms with Crippen molar-refractivity contribution in [2.24, 2.45) is 0 Å². The summed E-state index contributed by atoms with van der Waals surface area (Å²) in [6.45, 7) is 2.19. The lowest BCUT2D eigenvalue weighted by Crippen LogP contribution is -1.86. The molecule has 2 aromatic rings. The number of fused-ring (bicyclic) bond motifs is 1. The van der Waals surface area contributed by atoms with Crippen LogP contribution in [0, 0.1) is 0 Å². The van der Waals surface area contributed by atoms with Crippen molar-refractivity contribution in [3.05, 3.63) is 24.0 Å². The number of hydrogen-bond acceptors (Lipinski definition) is 2. The third-order valence-electron chi connectivity index (χ3n) is 2.31. The third kappa shape index (κ3) is 1.77. The van der Waals surface area contributed by atoms with Gasteiger partial charge in [0.2, 0.25) is 0 Å². The van der Waals surface area contributed by atoms with Crippen molar-refractivity contribution in [3.63, 3.8) is 0 Å². The molecule has 0 aliphatic rings. The Morgan fingerprint density at radius 2 is 2.29 bits per heavy atom. The predicted octanol–water partition coefficient (Wildman–Crippen LogP) is 3.19. The van der Waals surface area contributed by atoms with Crippen LogP contribution in [0.2, 0.25) is 0 Å². The summed E-state index contributed by atoms with van der Waals surface area (Å²) >= 11 is 4.37. The molecule has 0 aliphatic carbocycles. The number of unbranched alkanes of at least 4 members (excludes halogenated alkanes) is 1. The van der Waals surface area contributed by atoms with Crippen molar-refractivity contribution in [1.82, 2.24) is 9.97 Å². The van der Waals surface area contributed by atoms with Crippen molar-refractivity contribution in [2.45, 2.75) is 31.1 Å². The van der Waals surface area contributed by atoms with Crippen LogP contribution in [-0.4, -0.2) is 9.97 Å². The average Bonchev–Trinajstić information content (AvgIpc) is 2.59. The number of hydrogen-bond donors (Lipinski definition) is 2. The summed E-state index contributed by atoms with van der Waals surface area (Å²) in [5, 5.41) is 0. The predicted molar refractivity (Wildman–Crippen MR) is 62.0 cm³/mol. The number of imidazole rings is 1. The topological polar surface area (TPSA) is 28.7 Å². The molecule has 0 fully saturated rings. The first-order valence-corrected chi connectivity index (χ1v) is 5.42. The maximum Gasteiger partial charge on any atom is 0.107 e. The Bertz CT molecular complexity index is 434. The number of thiol groups is 1. The van der Waals surface area contributed by atoms with E-state index in [0.717, 1.165) is 28.2 Å². The van der Waals surface area contributed by atoms with Crippen molar-refractivity contribution in [2.75, 3.05) is 0 Å². The number of aromatic amines is 1. The molecule has 1 aromatic heterocycles. The number of benzene rings is 1. The fourth-order valence-corrected chi connectivity index (χ4v) is 1.79. The highest BCUT2D eigenvalue weighted by Gasteiger charge is 2.03. The minimum atomic E-state index is 0.946. The van der Waals surface area contributed by atoms with Crippen LogP contribution in [0.5, 0.6) is 0 Å². The number of rotatable bonds is 3. The molecule has 1 aromatic carbocycles. The Morgan fingerprint density at radius 1 is 1.43 bits per heavy atom. The first-order chi connectivity index (χ1) is 6.81. The molecule has 0 saturated carbocycles. The molecular formula is C11H14N2S. The smallest absolute Gasteiger partial charge is 0.107 e. The van der Waals surface area contributed by atoms with Crippen LogP contribution in [0.3, 0.4) is 0 Å². The van der Waals surface area contributed by atoms with Crippen LogP contribution < -0.4 is 0 Å². The number of para-hydroxylation sites is 1. The second kappa shape index (κ2) is 4.05. The highest BCUT2D eigenvalue weighted by molar-refractivity contribution is 7.80. The van der Waals surface area contributed by atoms with Crippen LogP contribution in [-0.2, 0) is 6.42 Å². The van der Waals surface area contributed by atoms with E-state index in [4.69, 9.17) is 0 Å². The van der Waals surface area contributed by atoms with E-state index in [1.165, 1.54) is 12.8 Å². The molecule has 0 atom stereocenters. The van der Waals surface area contributed by atoms with Crippen molar-refractivity contribution >= 4 is 23.7 Å². The van der Waals surface area contributed by atoms with Gasteiger partial charge in [-0.25, -0.2) is 4.98 Å². The minimum absolute atomic E-state index is 0.946. The molecule has 0 spiro atoms. The molecule has 14 heavy (non-hydrogen) atoms. The molecular weight excluding hydrogens is 192 g/mol. The van der Waals surface area contributed by atoms with Gasteiger partial charge in [-0.3, -0.25) is 0 Å². The van der Waals surface area contributed by atoms with Gasteiger partial charge < -0.3 is 4.98 Å². The zero-order valence-electron chi connectivity index (χ0n) is 8.25. The van der Waals surface area contributed by atoms with Crippen LogP contribution in [0.1, 0.15) is 25.6 Å². The molecule has 0 amide bonds. The van der Waals surface area contributed by atoms with Crippen LogP contribution in [0.15, 0.2) is 23.1 Å². The number of H-pyrrole nitrogens is 1. The van der Waals surface area contributed by atoms with Gasteiger partial charge in [0.25, 0.3) is 0 Å². The van der Waals surface area contributed by atoms with Gasteiger partial charge in [-0.1, -0.05) is 19.4 Å². The molecule has 3 heteroatoms. The van der Waals surface area contributed by atoms with Gasteiger partial charge in [0.1, 0.15) is 11.3 Å². The molecule has 2 nitrogen and oxygen atoms in total. The van der Waals surface area contributed by atoms with Crippen LogP contribution in [0.4, 0.5) is 0 Å². The Morgan fingerprint density at radius 3 is 3.00 bits per heavy atom. The number of nitrogens with one attached hydrogen (secondary N) is 1. The lowest BCUT2D eigenvalue weighted by molar-refractivity contribution is 0.764. The summed E-state index contributed by atoms with van der Waals surface area (Å²) < 4.78 is 0. The zero-order valence-corrected chi connectivity index (χ0v) is 9.14. The molecule has 0 bridgehead atoms. The lowest BCUT2D eigenvalue weighted by Gasteiger charge is -1.90. The summed E-state index contributed by atoms with van der Waals surface area (Å²) in [6.07, 6.45) is 3.41. The van der Waals surface area contributed by atoms with Gasteiger partial charge in [-0.15, -0.1) is 12.6 Å². The Hall–Kier alpha value is -0.960. The third-order valence-corrected chi connectivity index (χ3v) is 2.67. The zero-order chi connectivity index (χ0) is 9.97. The highest BCUT2D eigenvalue weighted by Crippen LogP contribution is 2.19. The summed E-state index contributed by atoms with van der Waals surface area (Å²) in [7, 11) is 0. The standard InChI is InChI=1S/C11H14N2S/c1-2-3-7-10-12-8-5-4-6-9(14)11(8)13-10/h4-6,14H,2-3,7H2,1H3,(H,12,13). The van der Waals surface area contributed by atoms with Crippen molar-refractivity contribution in [1.29, 1.82) is 0 Å². The molecule has 1 heterocycles. The summed E-state index contributed by atoms with van der Waals surface area (Å²) in [5.74, 6) is 1.07. The monoisotopic (exact) mass is 206 g/mol. The second-order valence-electron chi connectivity index (χ2n) is 3.46. The van der Waals surface area contributed by atoms with Gasteiger partial charge in [-0.2, -0.15) is 0 Å². The molecule has 0 unspecified atom stereocenters. The van der Waals surface area contributed by atoms with E-state index in [1.54, 1.807) is 0 Å². The molecule has 1 N–H and O–H groups in total. The maximum absolute atomic E-state index is 4.52. The first-order valence-electron chi connectivity index (χ1n) is 4.98. The largest absolute Gasteiger partial charge is 0.342 e. The Labute approximate surface area is 89.2 Å². The normalized spacial score (nSPS) is 11.0. The fourth-order valence-electron chi connectivity index (χ4n) is 1.53. The molecule has 0 aliphatic heterocycles. The Balaban J connectivity index is 2.36. The van der Waals surface area contributed by atoms with E-state index in [1.807, 2.05) is 18.2 Å². The highest BCUT2D eigenvalue weighted by atomic mass is 32.1. The van der Waals surface area contributed by atoms with Crippen molar-refractivity contribution < 1.29 is 0 Å². The molecule has 0 radical (unpaired) electrons. The van der Waals surface area contributed by atoms with E-state index in [-0.39, 0.29) is 0 Å². The average molecular weight is 206 g/mol. The fraction of sp³-hybridized carbons (Fsp3) is 0.364. The quantitative estimate of drug-likeness (QED) is 0.742. The van der Waals surface area contributed by atoms with Gasteiger partial charge in [0.05, 0.1) is 5.52 Å². The van der Waals surface area contributed by atoms with E-state index in [2.05, 4.69) is 29.5 Å². The summed E-state index contributed by atoms with van der Waals surface area (Å²) in [6, 6.07) is 6.00. The van der Waals surface area contributed by atoms with Gasteiger partial charge in [-0.05, 0) is 18.6 Å². The first kappa shape index (κ1) is 9.59. The number of nitrogens with zero attached hydrogens (tertiary/aromatic N) is 1. The van der Waals surface area contributed by atoms with Crippen molar-refractivity contribution in [3.8, 4) is 0 Å². The van der Waals surface area contributed by atoms with E-state index in [9.17, 15) is 0 Å². The maximum atomic E-state index is 4.52. The molecule has 0 saturated heterocycles. The number of aromatic nitrogens is 2. The minimum Gasteiger partial charge on any atom is -0.342 e. The lowest BCUT2D eigenvalue weighted by atomic mass is 10.2. The number of aryl methyl sites for hydroxylation is 1. The second-order valence-corrected chi connectivity index (χ2v) is 3.94. The van der Waals surface area contributed by atoms with E-state index >= 15 is 0 Å². The Kier molecular flexibility index (Phi) is 2.77. The van der Waals surface area contributed by atoms with Gasteiger partial charge >= 0.3 is 0 Å². The molecule has 2 rings (SSSR count). The summed E-state index contributed by atoms with van der Waals surface area (Å²) in [5.41, 5.74) is 2.07. The molecule has 74 valence electrons. The van der Waals surface area contributed by atoms with Gasteiger partial charge in [0, 0.05) is 11.3 Å². The van der Waals surface area contributed by atoms with Crippen LogP contribution >= 0.6 is 12.6 Å². The van der Waals surface area contributed by atoms with Gasteiger partial charge in [0.15, 0.2) is 0 Å². The van der Waals surface area contributed by atoms with Crippen LogP contribution in [0.25, 0.3) is 11.0 Å². The van der Waals surface area contributed by atoms with E-state index < -0.39 is 0 Å². The SMILES string of the molecule is CCCCc1nc2c(S)cccc2[nH]1. The summed E-state index contributed by atoms with van der Waals surface area (Å²) in [4.78, 5) is 8.77.